The zero-order valence-electron chi connectivity index (χ0n) is 17.6. The largest absolute Gasteiger partial charge is 0.341 e. The third-order valence-electron chi connectivity index (χ3n) is 6.67. The van der Waals surface area contributed by atoms with Crippen LogP contribution in [0.25, 0.3) is 0 Å². The Hall–Kier alpha value is -1.53. The van der Waals surface area contributed by atoms with E-state index in [1.165, 1.54) is 41.7 Å². The van der Waals surface area contributed by atoms with Gasteiger partial charge >= 0.3 is 0 Å². The highest BCUT2D eigenvalue weighted by atomic mass is 32.2. The zero-order valence-corrected chi connectivity index (χ0v) is 18.4. The molecule has 2 heterocycles. The van der Waals surface area contributed by atoms with E-state index in [0.717, 1.165) is 52.1 Å². The van der Waals surface area contributed by atoms with Crippen molar-refractivity contribution in [3.05, 3.63) is 29.3 Å². The molecule has 0 spiro atoms. The van der Waals surface area contributed by atoms with Crippen LogP contribution < -0.4 is 0 Å². The summed E-state index contributed by atoms with van der Waals surface area (Å²) < 4.78 is 0. The lowest BCUT2D eigenvalue weighted by atomic mass is 10.1. The van der Waals surface area contributed by atoms with Crippen LogP contribution in [-0.2, 0) is 22.4 Å². The number of hydrogen-bond acceptors (Lipinski definition) is 4. The molecule has 29 heavy (non-hydrogen) atoms. The first-order chi connectivity index (χ1) is 14.1. The Bertz CT molecular complexity index is 740. The first kappa shape index (κ1) is 20.7. The number of carbonyl (C=O) groups excluding carboxylic acids is 2. The van der Waals surface area contributed by atoms with Gasteiger partial charge in [0, 0.05) is 44.2 Å². The maximum atomic E-state index is 12.8. The van der Waals surface area contributed by atoms with E-state index >= 15 is 0 Å². The quantitative estimate of drug-likeness (QED) is 0.694. The Balaban J connectivity index is 1.22. The zero-order chi connectivity index (χ0) is 20.2. The van der Waals surface area contributed by atoms with Crippen LogP contribution in [0.5, 0.6) is 0 Å². The van der Waals surface area contributed by atoms with Crippen molar-refractivity contribution in [2.75, 3.05) is 45.0 Å². The molecule has 2 amide bonds. The molecule has 0 saturated carbocycles. The lowest BCUT2D eigenvalue weighted by Crippen LogP contribution is -2.56. The second-order valence-electron chi connectivity index (χ2n) is 8.55. The summed E-state index contributed by atoms with van der Waals surface area (Å²) in [7, 11) is 0. The lowest BCUT2D eigenvalue weighted by Gasteiger charge is -2.39. The van der Waals surface area contributed by atoms with Crippen molar-refractivity contribution >= 4 is 23.6 Å². The molecule has 3 aliphatic rings. The molecule has 0 radical (unpaired) electrons. The van der Waals surface area contributed by atoms with Crippen molar-refractivity contribution in [3.63, 3.8) is 0 Å². The Morgan fingerprint density at radius 3 is 2.38 bits per heavy atom. The van der Waals surface area contributed by atoms with Gasteiger partial charge in [-0.1, -0.05) is 6.07 Å². The van der Waals surface area contributed by atoms with Crippen molar-refractivity contribution < 1.29 is 9.59 Å². The van der Waals surface area contributed by atoms with Crippen molar-refractivity contribution in [2.24, 2.45) is 0 Å². The van der Waals surface area contributed by atoms with Crippen LogP contribution in [-0.4, -0.2) is 77.6 Å². The number of thioether (sulfide) groups is 1. The number of rotatable bonds is 5. The van der Waals surface area contributed by atoms with E-state index in [1.54, 1.807) is 11.8 Å². The molecule has 1 atom stereocenters. The lowest BCUT2D eigenvalue weighted by molar-refractivity contribution is -0.139. The van der Waals surface area contributed by atoms with Gasteiger partial charge in [0.1, 0.15) is 0 Å². The molecule has 1 aromatic rings. The summed E-state index contributed by atoms with van der Waals surface area (Å²) in [5.41, 5.74) is 2.94. The van der Waals surface area contributed by atoms with Crippen LogP contribution in [0.1, 0.15) is 43.7 Å². The fourth-order valence-corrected chi connectivity index (χ4v) is 5.63. The predicted molar refractivity (Wildman–Crippen MR) is 117 cm³/mol. The smallest absolute Gasteiger partial charge is 0.239 e. The number of benzene rings is 1. The van der Waals surface area contributed by atoms with Gasteiger partial charge < -0.3 is 9.80 Å². The summed E-state index contributed by atoms with van der Waals surface area (Å²) in [6.45, 7) is 6.86. The van der Waals surface area contributed by atoms with Gasteiger partial charge in [-0.25, -0.2) is 0 Å². The second-order valence-corrected chi connectivity index (χ2v) is 9.60. The molecule has 2 saturated heterocycles. The summed E-state index contributed by atoms with van der Waals surface area (Å²) >= 11 is 1.65. The first-order valence-electron chi connectivity index (χ1n) is 11.2. The van der Waals surface area contributed by atoms with Gasteiger partial charge in [0.15, 0.2) is 0 Å². The Morgan fingerprint density at radius 2 is 1.62 bits per heavy atom. The number of carbonyl (C=O) groups is 2. The van der Waals surface area contributed by atoms with Gasteiger partial charge in [-0.2, -0.15) is 0 Å². The maximum absolute atomic E-state index is 12.8. The van der Waals surface area contributed by atoms with Crippen LogP contribution >= 0.6 is 11.8 Å². The molecular weight excluding hydrogens is 382 g/mol. The van der Waals surface area contributed by atoms with Gasteiger partial charge in [-0.15, -0.1) is 11.8 Å². The highest BCUT2D eigenvalue weighted by Gasteiger charge is 2.30. The van der Waals surface area contributed by atoms with Crippen molar-refractivity contribution in [2.45, 2.75) is 56.4 Å². The Morgan fingerprint density at radius 1 is 0.897 bits per heavy atom. The van der Waals surface area contributed by atoms with E-state index in [1.807, 2.05) is 16.7 Å². The van der Waals surface area contributed by atoms with Gasteiger partial charge in [-0.05, 0) is 68.7 Å². The molecule has 1 unspecified atom stereocenters. The highest BCUT2D eigenvalue weighted by Crippen LogP contribution is 2.27. The molecule has 6 heteroatoms. The monoisotopic (exact) mass is 415 g/mol. The molecule has 2 fully saturated rings. The van der Waals surface area contributed by atoms with Crippen LogP contribution in [0.2, 0.25) is 0 Å². The number of amides is 2. The molecule has 0 bridgehead atoms. The third-order valence-corrected chi connectivity index (χ3v) is 7.65. The minimum Gasteiger partial charge on any atom is -0.341 e. The molecule has 1 aromatic carbocycles. The van der Waals surface area contributed by atoms with Crippen LogP contribution in [0.4, 0.5) is 0 Å². The van der Waals surface area contributed by atoms with Crippen molar-refractivity contribution in [1.82, 2.24) is 14.7 Å². The van der Waals surface area contributed by atoms with E-state index in [-0.39, 0.29) is 17.9 Å². The first-order valence-corrected chi connectivity index (χ1v) is 12.2. The SMILES string of the molecule is CC(C(=O)N1CCCCC1)N1CCN(C(=O)CSc2ccc3c(c2)CCC3)CC1. The number of aryl methyl sites for hydroxylation is 2. The maximum Gasteiger partial charge on any atom is 0.239 e. The topological polar surface area (TPSA) is 43.9 Å². The van der Waals surface area contributed by atoms with E-state index in [2.05, 4.69) is 23.1 Å². The summed E-state index contributed by atoms with van der Waals surface area (Å²) in [4.78, 5) is 32.9. The second kappa shape index (κ2) is 9.52. The van der Waals surface area contributed by atoms with Gasteiger partial charge in [-0.3, -0.25) is 14.5 Å². The summed E-state index contributed by atoms with van der Waals surface area (Å²) in [5, 5.41) is 0. The van der Waals surface area contributed by atoms with E-state index in [4.69, 9.17) is 0 Å². The fraction of sp³-hybridized carbons (Fsp3) is 0.652. The Labute approximate surface area is 178 Å². The highest BCUT2D eigenvalue weighted by molar-refractivity contribution is 8.00. The Kier molecular flexibility index (Phi) is 6.81. The molecule has 4 rings (SSSR count). The molecule has 2 aliphatic heterocycles. The summed E-state index contributed by atoms with van der Waals surface area (Å²) in [6.07, 6.45) is 7.12. The third kappa shape index (κ3) is 4.97. The molecule has 1 aliphatic carbocycles. The van der Waals surface area contributed by atoms with Gasteiger partial charge in [0.25, 0.3) is 0 Å². The number of hydrogen-bond donors (Lipinski definition) is 0. The molecule has 158 valence electrons. The van der Waals surface area contributed by atoms with Crippen LogP contribution in [0.3, 0.4) is 0 Å². The summed E-state index contributed by atoms with van der Waals surface area (Å²) in [6, 6.07) is 6.58. The summed E-state index contributed by atoms with van der Waals surface area (Å²) in [5.74, 6) is 0.975. The van der Waals surface area contributed by atoms with E-state index in [0.29, 0.717) is 5.75 Å². The normalized spacial score (nSPS) is 21.1. The number of piperidine rings is 1. The van der Waals surface area contributed by atoms with Crippen LogP contribution in [0.15, 0.2) is 23.1 Å². The number of likely N-dealkylation sites (tertiary alicyclic amines) is 1. The van der Waals surface area contributed by atoms with Crippen molar-refractivity contribution in [1.29, 1.82) is 0 Å². The molecule has 5 nitrogen and oxygen atoms in total. The minimum absolute atomic E-state index is 0.0776. The molecule has 0 N–H and O–H groups in total. The number of piperazine rings is 1. The molecular formula is C23H33N3O2S. The van der Waals surface area contributed by atoms with Gasteiger partial charge in [0.2, 0.25) is 11.8 Å². The molecule has 0 aromatic heterocycles. The standard InChI is InChI=1S/C23H33N3O2S/c1-18(23(28)26-10-3-2-4-11-26)24-12-14-25(15-13-24)22(27)17-29-21-9-8-19-6-5-7-20(19)16-21/h8-9,16,18H,2-7,10-15,17H2,1H3. The number of fused-ring (bicyclic) bond motifs is 1. The predicted octanol–water partition coefficient (Wildman–Crippen LogP) is 2.81. The average molecular weight is 416 g/mol. The van der Waals surface area contributed by atoms with E-state index < -0.39 is 0 Å². The minimum atomic E-state index is -0.0776. The van der Waals surface area contributed by atoms with E-state index in [9.17, 15) is 9.59 Å². The number of nitrogens with zero attached hydrogens (tertiary/aromatic N) is 3. The van der Waals surface area contributed by atoms with Crippen LogP contribution in [0, 0.1) is 0 Å². The average Bonchev–Trinajstić information content (AvgIpc) is 3.25. The van der Waals surface area contributed by atoms with Crippen molar-refractivity contribution in [3.8, 4) is 0 Å². The fourth-order valence-electron chi connectivity index (χ4n) is 4.77. The van der Waals surface area contributed by atoms with Gasteiger partial charge in [0.05, 0.1) is 11.8 Å².